The van der Waals surface area contributed by atoms with Crippen molar-refractivity contribution >= 4 is 29.6 Å². The highest BCUT2D eigenvalue weighted by molar-refractivity contribution is 7.80. The average molecular weight is 279 g/mol. The van der Waals surface area contributed by atoms with E-state index in [1.54, 1.807) is 0 Å². The molecule has 0 amide bonds. The van der Waals surface area contributed by atoms with Crippen molar-refractivity contribution in [1.82, 2.24) is 4.57 Å². The molecule has 1 nitrogen and oxygen atoms in total. The Morgan fingerprint density at radius 3 is 2.40 bits per heavy atom. The fourth-order valence-corrected chi connectivity index (χ4v) is 2.81. The van der Waals surface area contributed by atoms with Gasteiger partial charge in [-0.15, -0.1) is 12.6 Å². The van der Waals surface area contributed by atoms with E-state index in [-0.39, 0.29) is 0 Å². The van der Waals surface area contributed by atoms with Gasteiger partial charge in [0.25, 0.3) is 0 Å². The zero-order chi connectivity index (χ0) is 14.1. The van der Waals surface area contributed by atoms with Crippen molar-refractivity contribution in [3.05, 3.63) is 65.9 Å². The van der Waals surface area contributed by atoms with E-state index in [0.717, 1.165) is 4.90 Å². The van der Waals surface area contributed by atoms with Crippen LogP contribution in [0.5, 0.6) is 0 Å². The molecule has 0 aliphatic rings. The van der Waals surface area contributed by atoms with E-state index in [0.29, 0.717) is 0 Å². The third kappa shape index (κ3) is 2.06. The maximum atomic E-state index is 4.37. The highest BCUT2D eigenvalue weighted by Crippen LogP contribution is 2.30. The molecule has 0 saturated carbocycles. The average Bonchev–Trinajstić information content (AvgIpc) is 2.74. The summed E-state index contributed by atoms with van der Waals surface area (Å²) < 4.78 is 2.30. The summed E-state index contributed by atoms with van der Waals surface area (Å²) in [6, 6.07) is 16.8. The lowest BCUT2D eigenvalue weighted by Gasteiger charge is -2.09. The molecule has 100 valence electrons. The third-order valence-electron chi connectivity index (χ3n) is 3.61. The lowest BCUT2D eigenvalue weighted by atomic mass is 10.1. The summed E-state index contributed by atoms with van der Waals surface area (Å²) in [6.07, 6.45) is 4.26. The summed E-state index contributed by atoms with van der Waals surface area (Å²) in [5.74, 6) is 0. The zero-order valence-electron chi connectivity index (χ0n) is 11.7. The molecule has 3 rings (SSSR count). The van der Waals surface area contributed by atoms with Crippen LogP contribution < -0.4 is 0 Å². The predicted octanol–water partition coefficient (Wildman–Crippen LogP) is 5.26. The minimum absolute atomic E-state index is 0.981. The Labute approximate surface area is 125 Å². The number of aromatic nitrogens is 1. The van der Waals surface area contributed by atoms with Gasteiger partial charge in [0, 0.05) is 21.7 Å². The number of thiol groups is 1. The molecule has 0 aliphatic carbocycles. The van der Waals surface area contributed by atoms with Gasteiger partial charge in [0.1, 0.15) is 0 Å². The quantitative estimate of drug-likeness (QED) is 0.610. The van der Waals surface area contributed by atoms with Crippen LogP contribution in [0.3, 0.4) is 0 Å². The standard InChI is InChI=1S/C18H17NS/c1-3-6-17-13(2)16-7-4-5-8-18(16)19(17)14-9-11-15(20)12-10-14/h3-12,20H,1-2H3/b6-3-. The van der Waals surface area contributed by atoms with E-state index in [2.05, 4.69) is 79.6 Å². The molecule has 0 radical (unpaired) electrons. The van der Waals surface area contributed by atoms with E-state index in [1.165, 1.54) is 27.8 Å². The Balaban J connectivity index is 2.38. The molecule has 2 aromatic carbocycles. The molecule has 0 unspecified atom stereocenters. The van der Waals surface area contributed by atoms with Crippen molar-refractivity contribution < 1.29 is 0 Å². The van der Waals surface area contributed by atoms with Gasteiger partial charge in [-0.25, -0.2) is 0 Å². The first kappa shape index (κ1) is 13.1. The van der Waals surface area contributed by atoms with Crippen molar-refractivity contribution in [2.45, 2.75) is 18.7 Å². The summed E-state index contributed by atoms with van der Waals surface area (Å²) in [5, 5.41) is 1.30. The lowest BCUT2D eigenvalue weighted by Crippen LogP contribution is -1.96. The molecule has 0 bridgehead atoms. The van der Waals surface area contributed by atoms with Crippen LogP contribution in [0.2, 0.25) is 0 Å². The molecular formula is C18H17NS. The van der Waals surface area contributed by atoms with Crippen LogP contribution in [0.25, 0.3) is 22.7 Å². The van der Waals surface area contributed by atoms with Gasteiger partial charge in [-0.3, -0.25) is 0 Å². The first-order valence-corrected chi connectivity index (χ1v) is 7.19. The number of aryl methyl sites for hydroxylation is 1. The molecule has 20 heavy (non-hydrogen) atoms. The van der Waals surface area contributed by atoms with Gasteiger partial charge in [-0.05, 0) is 55.8 Å². The monoisotopic (exact) mass is 279 g/mol. The molecule has 0 aliphatic heterocycles. The summed E-state index contributed by atoms with van der Waals surface area (Å²) in [5.41, 5.74) is 4.96. The maximum absolute atomic E-state index is 4.37. The second kappa shape index (κ2) is 5.22. The van der Waals surface area contributed by atoms with Crippen molar-refractivity contribution in [2.75, 3.05) is 0 Å². The fourth-order valence-electron chi connectivity index (χ4n) is 2.66. The van der Waals surface area contributed by atoms with Gasteiger partial charge in [0.2, 0.25) is 0 Å². The van der Waals surface area contributed by atoms with Crippen LogP contribution in [0.1, 0.15) is 18.2 Å². The van der Waals surface area contributed by atoms with Gasteiger partial charge in [0.15, 0.2) is 0 Å². The molecule has 0 fully saturated rings. The van der Waals surface area contributed by atoms with E-state index < -0.39 is 0 Å². The van der Waals surface area contributed by atoms with Gasteiger partial charge in [0.05, 0.1) is 5.52 Å². The molecule has 0 N–H and O–H groups in total. The summed E-state index contributed by atoms with van der Waals surface area (Å²) in [7, 11) is 0. The summed E-state index contributed by atoms with van der Waals surface area (Å²) >= 11 is 4.37. The molecule has 1 aromatic heterocycles. The Bertz CT molecular complexity index is 779. The summed E-state index contributed by atoms with van der Waals surface area (Å²) in [6.45, 7) is 4.24. The van der Waals surface area contributed by atoms with Crippen molar-refractivity contribution in [3.8, 4) is 5.69 Å². The largest absolute Gasteiger partial charge is 0.310 e. The summed E-state index contributed by atoms with van der Waals surface area (Å²) in [4.78, 5) is 0.981. The van der Waals surface area contributed by atoms with Crippen LogP contribution in [0, 0.1) is 6.92 Å². The van der Waals surface area contributed by atoms with E-state index in [9.17, 15) is 0 Å². The Morgan fingerprint density at radius 1 is 1.00 bits per heavy atom. The van der Waals surface area contributed by atoms with E-state index >= 15 is 0 Å². The number of nitrogens with zero attached hydrogens (tertiary/aromatic N) is 1. The van der Waals surface area contributed by atoms with Crippen LogP contribution >= 0.6 is 12.6 Å². The highest BCUT2D eigenvalue weighted by Gasteiger charge is 2.12. The van der Waals surface area contributed by atoms with Crippen LogP contribution in [-0.2, 0) is 0 Å². The molecule has 0 saturated heterocycles. The van der Waals surface area contributed by atoms with Gasteiger partial charge < -0.3 is 4.57 Å². The van der Waals surface area contributed by atoms with Crippen LogP contribution in [0.15, 0.2) is 59.5 Å². The van der Waals surface area contributed by atoms with Crippen molar-refractivity contribution in [3.63, 3.8) is 0 Å². The highest BCUT2D eigenvalue weighted by atomic mass is 32.1. The number of benzene rings is 2. The molecule has 3 aromatic rings. The minimum atomic E-state index is 0.981. The molecular weight excluding hydrogens is 262 g/mol. The fraction of sp³-hybridized carbons (Fsp3) is 0.111. The molecule has 0 spiro atoms. The van der Waals surface area contributed by atoms with E-state index in [1.807, 2.05) is 12.1 Å². The number of rotatable bonds is 2. The number of hydrogen-bond acceptors (Lipinski definition) is 1. The number of allylic oxidation sites excluding steroid dienone is 1. The maximum Gasteiger partial charge on any atom is 0.0537 e. The topological polar surface area (TPSA) is 4.93 Å². The van der Waals surface area contributed by atoms with Crippen LogP contribution in [0.4, 0.5) is 0 Å². The molecule has 2 heteroatoms. The Hall–Kier alpha value is -1.93. The number of para-hydroxylation sites is 1. The SMILES string of the molecule is C/C=C\c1c(C)c2ccccc2n1-c1ccc(S)cc1. The van der Waals surface area contributed by atoms with Crippen molar-refractivity contribution in [1.29, 1.82) is 0 Å². The van der Waals surface area contributed by atoms with Crippen LogP contribution in [-0.4, -0.2) is 4.57 Å². The Kier molecular flexibility index (Phi) is 3.41. The van der Waals surface area contributed by atoms with Gasteiger partial charge >= 0.3 is 0 Å². The van der Waals surface area contributed by atoms with Gasteiger partial charge in [-0.2, -0.15) is 0 Å². The Morgan fingerprint density at radius 2 is 1.70 bits per heavy atom. The second-order valence-corrected chi connectivity index (χ2v) is 5.40. The third-order valence-corrected chi connectivity index (χ3v) is 3.90. The normalized spacial score (nSPS) is 11.6. The predicted molar refractivity (Wildman–Crippen MR) is 90.0 cm³/mol. The van der Waals surface area contributed by atoms with E-state index in [4.69, 9.17) is 0 Å². The first-order valence-electron chi connectivity index (χ1n) is 6.74. The second-order valence-electron chi connectivity index (χ2n) is 4.88. The number of fused-ring (bicyclic) bond motifs is 1. The molecule has 0 atom stereocenters. The minimum Gasteiger partial charge on any atom is -0.310 e. The lowest BCUT2D eigenvalue weighted by molar-refractivity contribution is 1.09. The molecule has 1 heterocycles. The van der Waals surface area contributed by atoms with Gasteiger partial charge in [-0.1, -0.05) is 24.3 Å². The van der Waals surface area contributed by atoms with Crippen molar-refractivity contribution in [2.24, 2.45) is 0 Å². The zero-order valence-corrected chi connectivity index (χ0v) is 12.6. The first-order chi connectivity index (χ1) is 9.72. The number of hydrogen-bond donors (Lipinski definition) is 1. The smallest absolute Gasteiger partial charge is 0.0537 e.